The first-order valence-corrected chi connectivity index (χ1v) is 7.36. The molecule has 0 fully saturated rings. The SMILES string of the molecule is CCCc1ccc(C(=O)Nc2ccc(C(=O)NC)cc2)cc1. The van der Waals surface area contributed by atoms with Crippen LogP contribution in [-0.2, 0) is 6.42 Å². The van der Waals surface area contributed by atoms with Crippen molar-refractivity contribution in [2.45, 2.75) is 19.8 Å². The second-order valence-corrected chi connectivity index (χ2v) is 5.06. The van der Waals surface area contributed by atoms with Crippen molar-refractivity contribution in [1.29, 1.82) is 0 Å². The summed E-state index contributed by atoms with van der Waals surface area (Å²) >= 11 is 0. The molecule has 2 rings (SSSR count). The third-order valence-electron chi connectivity index (χ3n) is 3.39. The molecule has 4 heteroatoms. The van der Waals surface area contributed by atoms with Gasteiger partial charge in [-0.05, 0) is 48.4 Å². The number of rotatable bonds is 5. The smallest absolute Gasteiger partial charge is 0.255 e. The molecular weight excluding hydrogens is 276 g/mol. The van der Waals surface area contributed by atoms with Gasteiger partial charge in [0.2, 0.25) is 0 Å². The number of carbonyl (C=O) groups excluding carboxylic acids is 2. The van der Waals surface area contributed by atoms with Crippen LogP contribution in [0.1, 0.15) is 39.6 Å². The van der Waals surface area contributed by atoms with E-state index in [1.807, 2.05) is 24.3 Å². The Morgan fingerprint density at radius 2 is 1.41 bits per heavy atom. The second-order valence-electron chi connectivity index (χ2n) is 5.06. The van der Waals surface area contributed by atoms with E-state index >= 15 is 0 Å². The standard InChI is InChI=1S/C18H20N2O2/c1-3-4-13-5-7-15(8-6-13)18(22)20-16-11-9-14(10-12-16)17(21)19-2/h5-12H,3-4H2,1-2H3,(H,19,21)(H,20,22). The zero-order chi connectivity index (χ0) is 15.9. The molecule has 0 aliphatic heterocycles. The van der Waals surface area contributed by atoms with Gasteiger partial charge in [0, 0.05) is 23.9 Å². The van der Waals surface area contributed by atoms with Gasteiger partial charge in [-0.15, -0.1) is 0 Å². The van der Waals surface area contributed by atoms with Crippen molar-refractivity contribution in [3.8, 4) is 0 Å². The van der Waals surface area contributed by atoms with Crippen LogP contribution in [0.25, 0.3) is 0 Å². The van der Waals surface area contributed by atoms with E-state index in [0.29, 0.717) is 16.8 Å². The van der Waals surface area contributed by atoms with Gasteiger partial charge in [-0.25, -0.2) is 0 Å². The highest BCUT2D eigenvalue weighted by Gasteiger charge is 2.07. The van der Waals surface area contributed by atoms with E-state index in [9.17, 15) is 9.59 Å². The number of carbonyl (C=O) groups is 2. The summed E-state index contributed by atoms with van der Waals surface area (Å²) in [5.41, 5.74) is 3.07. The zero-order valence-corrected chi connectivity index (χ0v) is 12.8. The van der Waals surface area contributed by atoms with E-state index in [0.717, 1.165) is 12.8 Å². The second kappa shape index (κ2) is 7.41. The Hall–Kier alpha value is -2.62. The first-order chi connectivity index (χ1) is 10.6. The number of nitrogens with one attached hydrogen (secondary N) is 2. The summed E-state index contributed by atoms with van der Waals surface area (Å²) in [4.78, 5) is 23.6. The minimum Gasteiger partial charge on any atom is -0.355 e. The summed E-state index contributed by atoms with van der Waals surface area (Å²) in [6, 6.07) is 14.4. The number of aryl methyl sites for hydroxylation is 1. The number of amides is 2. The minimum atomic E-state index is -0.157. The number of hydrogen-bond donors (Lipinski definition) is 2. The topological polar surface area (TPSA) is 58.2 Å². The Morgan fingerprint density at radius 1 is 0.864 bits per heavy atom. The summed E-state index contributed by atoms with van der Waals surface area (Å²) in [6.45, 7) is 2.13. The van der Waals surface area contributed by atoms with Crippen LogP contribution in [0.3, 0.4) is 0 Å². The summed E-state index contributed by atoms with van der Waals surface area (Å²) in [6.07, 6.45) is 2.10. The summed E-state index contributed by atoms with van der Waals surface area (Å²) in [7, 11) is 1.58. The molecule has 4 nitrogen and oxygen atoms in total. The van der Waals surface area contributed by atoms with Crippen molar-refractivity contribution in [2.75, 3.05) is 12.4 Å². The monoisotopic (exact) mass is 296 g/mol. The first kappa shape index (κ1) is 15.8. The first-order valence-electron chi connectivity index (χ1n) is 7.36. The highest BCUT2D eigenvalue weighted by molar-refractivity contribution is 6.04. The molecule has 0 aliphatic rings. The molecular formula is C18H20N2O2. The lowest BCUT2D eigenvalue weighted by Gasteiger charge is -2.07. The molecule has 2 N–H and O–H groups in total. The van der Waals surface area contributed by atoms with Crippen molar-refractivity contribution in [3.63, 3.8) is 0 Å². The molecule has 0 heterocycles. The van der Waals surface area contributed by atoms with Crippen LogP contribution in [0.15, 0.2) is 48.5 Å². The maximum Gasteiger partial charge on any atom is 0.255 e. The van der Waals surface area contributed by atoms with Gasteiger partial charge in [0.1, 0.15) is 0 Å². The van der Waals surface area contributed by atoms with Crippen molar-refractivity contribution < 1.29 is 9.59 Å². The molecule has 2 aromatic carbocycles. The van der Waals surface area contributed by atoms with Crippen LogP contribution in [0.2, 0.25) is 0 Å². The predicted molar refractivity (Wildman–Crippen MR) is 88.2 cm³/mol. The number of hydrogen-bond acceptors (Lipinski definition) is 2. The molecule has 0 aliphatic carbocycles. The van der Waals surface area contributed by atoms with E-state index < -0.39 is 0 Å². The molecule has 2 aromatic rings. The minimum absolute atomic E-state index is 0.149. The molecule has 0 saturated heterocycles. The van der Waals surface area contributed by atoms with Gasteiger partial charge in [0.05, 0.1) is 0 Å². The Bertz CT molecular complexity index is 646. The van der Waals surface area contributed by atoms with Crippen LogP contribution < -0.4 is 10.6 Å². The Kier molecular flexibility index (Phi) is 5.31. The Labute approximate surface area is 130 Å². The van der Waals surface area contributed by atoms with Gasteiger partial charge in [0.25, 0.3) is 11.8 Å². The molecule has 0 spiro atoms. The molecule has 0 aromatic heterocycles. The van der Waals surface area contributed by atoms with Crippen LogP contribution in [-0.4, -0.2) is 18.9 Å². The summed E-state index contributed by atoms with van der Waals surface area (Å²) in [5, 5.41) is 5.38. The van der Waals surface area contributed by atoms with Crippen LogP contribution in [0.4, 0.5) is 5.69 Å². The Morgan fingerprint density at radius 3 is 1.95 bits per heavy atom. The van der Waals surface area contributed by atoms with Crippen LogP contribution >= 0.6 is 0 Å². The Balaban J connectivity index is 2.03. The highest BCUT2D eigenvalue weighted by Crippen LogP contribution is 2.12. The zero-order valence-electron chi connectivity index (χ0n) is 12.8. The van der Waals surface area contributed by atoms with Crippen LogP contribution in [0, 0.1) is 0 Å². The normalized spacial score (nSPS) is 10.1. The lowest BCUT2D eigenvalue weighted by molar-refractivity contribution is 0.0962. The average Bonchev–Trinajstić information content (AvgIpc) is 2.55. The van der Waals surface area contributed by atoms with Crippen molar-refractivity contribution in [1.82, 2.24) is 5.32 Å². The lowest BCUT2D eigenvalue weighted by Crippen LogP contribution is -2.17. The van der Waals surface area contributed by atoms with Crippen molar-refractivity contribution in [2.24, 2.45) is 0 Å². The maximum atomic E-state index is 12.2. The number of benzene rings is 2. The third-order valence-corrected chi connectivity index (χ3v) is 3.39. The van der Waals surface area contributed by atoms with Gasteiger partial charge in [-0.3, -0.25) is 9.59 Å². The molecule has 114 valence electrons. The fourth-order valence-electron chi connectivity index (χ4n) is 2.16. The fourth-order valence-corrected chi connectivity index (χ4v) is 2.16. The van der Waals surface area contributed by atoms with E-state index in [2.05, 4.69) is 17.6 Å². The molecule has 2 amide bonds. The van der Waals surface area contributed by atoms with E-state index in [4.69, 9.17) is 0 Å². The van der Waals surface area contributed by atoms with E-state index in [1.54, 1.807) is 31.3 Å². The van der Waals surface area contributed by atoms with E-state index in [1.165, 1.54) is 5.56 Å². The van der Waals surface area contributed by atoms with Gasteiger partial charge in [-0.2, -0.15) is 0 Å². The summed E-state index contributed by atoms with van der Waals surface area (Å²) in [5.74, 6) is -0.305. The fraction of sp³-hybridized carbons (Fsp3) is 0.222. The van der Waals surface area contributed by atoms with Gasteiger partial charge >= 0.3 is 0 Å². The highest BCUT2D eigenvalue weighted by atomic mass is 16.2. The van der Waals surface area contributed by atoms with Gasteiger partial charge < -0.3 is 10.6 Å². The quantitative estimate of drug-likeness (QED) is 0.890. The van der Waals surface area contributed by atoms with E-state index in [-0.39, 0.29) is 11.8 Å². The average molecular weight is 296 g/mol. The predicted octanol–water partition coefficient (Wildman–Crippen LogP) is 3.25. The summed E-state index contributed by atoms with van der Waals surface area (Å²) < 4.78 is 0. The van der Waals surface area contributed by atoms with Crippen molar-refractivity contribution in [3.05, 3.63) is 65.2 Å². The maximum absolute atomic E-state index is 12.2. The lowest BCUT2D eigenvalue weighted by atomic mass is 10.1. The number of anilines is 1. The van der Waals surface area contributed by atoms with Gasteiger partial charge in [0.15, 0.2) is 0 Å². The molecule has 0 atom stereocenters. The third kappa shape index (κ3) is 3.95. The largest absolute Gasteiger partial charge is 0.355 e. The van der Waals surface area contributed by atoms with Crippen LogP contribution in [0.5, 0.6) is 0 Å². The molecule has 0 bridgehead atoms. The van der Waals surface area contributed by atoms with Crippen molar-refractivity contribution >= 4 is 17.5 Å². The molecule has 0 radical (unpaired) electrons. The molecule has 22 heavy (non-hydrogen) atoms. The van der Waals surface area contributed by atoms with Gasteiger partial charge in [-0.1, -0.05) is 25.5 Å². The molecule has 0 saturated carbocycles. The molecule has 0 unspecified atom stereocenters.